The first-order valence-corrected chi connectivity index (χ1v) is 6.39. The van der Waals surface area contributed by atoms with Crippen LogP contribution in [0.5, 0.6) is 0 Å². The van der Waals surface area contributed by atoms with Crippen LogP contribution in [0.3, 0.4) is 0 Å². The number of hydrogen-bond donors (Lipinski definition) is 1. The van der Waals surface area contributed by atoms with Gasteiger partial charge in [0.05, 0.1) is 0 Å². The average Bonchev–Trinajstić information content (AvgIpc) is 3.15. The highest BCUT2D eigenvalue weighted by molar-refractivity contribution is 5.95. The predicted molar refractivity (Wildman–Crippen MR) is 71.7 cm³/mol. The van der Waals surface area contributed by atoms with E-state index in [4.69, 9.17) is 5.73 Å². The molecule has 0 saturated heterocycles. The van der Waals surface area contributed by atoms with Crippen LogP contribution < -0.4 is 5.73 Å². The topological polar surface area (TPSA) is 76.3 Å². The molecular formula is C14H19N3O2. The van der Waals surface area contributed by atoms with E-state index < -0.39 is 5.91 Å². The molecule has 1 atom stereocenters. The van der Waals surface area contributed by atoms with Crippen molar-refractivity contribution in [3.8, 4) is 0 Å². The molecule has 19 heavy (non-hydrogen) atoms. The number of aromatic nitrogens is 1. The summed E-state index contributed by atoms with van der Waals surface area (Å²) in [5, 5.41) is 0. The Morgan fingerprint density at radius 2 is 1.95 bits per heavy atom. The van der Waals surface area contributed by atoms with Gasteiger partial charge in [-0.15, -0.1) is 0 Å². The quantitative estimate of drug-likeness (QED) is 0.891. The molecule has 1 aliphatic rings. The van der Waals surface area contributed by atoms with Crippen LogP contribution >= 0.6 is 0 Å². The molecule has 2 rings (SSSR count). The van der Waals surface area contributed by atoms with Crippen molar-refractivity contribution in [3.63, 3.8) is 0 Å². The molecule has 2 N–H and O–H groups in total. The summed E-state index contributed by atoms with van der Waals surface area (Å²) in [4.78, 5) is 29.1. The number of carbonyl (C=O) groups is 2. The van der Waals surface area contributed by atoms with Gasteiger partial charge in [-0.2, -0.15) is 0 Å². The molecule has 1 aromatic heterocycles. The molecule has 1 aliphatic carbocycles. The zero-order chi connectivity index (χ0) is 14.2. The first-order chi connectivity index (χ1) is 8.85. The highest BCUT2D eigenvalue weighted by atomic mass is 16.2. The van der Waals surface area contributed by atoms with Gasteiger partial charge in [0.25, 0.3) is 11.8 Å². The van der Waals surface area contributed by atoms with Crippen LogP contribution in [0.15, 0.2) is 18.2 Å². The molecule has 2 amide bonds. The molecule has 0 aliphatic heterocycles. The Morgan fingerprint density at radius 1 is 1.37 bits per heavy atom. The zero-order valence-corrected chi connectivity index (χ0v) is 11.5. The third kappa shape index (κ3) is 2.59. The predicted octanol–water partition coefficient (Wildman–Crippen LogP) is 1.44. The van der Waals surface area contributed by atoms with Crippen molar-refractivity contribution >= 4 is 11.8 Å². The number of rotatable bonds is 4. The summed E-state index contributed by atoms with van der Waals surface area (Å²) in [7, 11) is 1.77. The Bertz CT molecular complexity index is 523. The van der Waals surface area contributed by atoms with Gasteiger partial charge in [-0.1, -0.05) is 13.0 Å². The molecule has 1 fully saturated rings. The van der Waals surface area contributed by atoms with E-state index in [0.29, 0.717) is 0 Å². The summed E-state index contributed by atoms with van der Waals surface area (Å²) in [6.45, 7) is 4.22. The van der Waals surface area contributed by atoms with Crippen LogP contribution in [-0.2, 0) is 0 Å². The van der Waals surface area contributed by atoms with E-state index in [1.807, 2.05) is 6.92 Å². The number of pyridine rings is 1. The third-order valence-corrected chi connectivity index (χ3v) is 4.17. The molecule has 5 nitrogen and oxygen atoms in total. The Labute approximate surface area is 112 Å². The minimum Gasteiger partial charge on any atom is -0.364 e. The minimum absolute atomic E-state index is 0.115. The number of primary amides is 1. The van der Waals surface area contributed by atoms with Crippen LogP contribution in [0.2, 0.25) is 0 Å². The van der Waals surface area contributed by atoms with Crippen molar-refractivity contribution in [1.29, 1.82) is 0 Å². The van der Waals surface area contributed by atoms with Crippen molar-refractivity contribution in [2.24, 2.45) is 11.1 Å². The Morgan fingerprint density at radius 3 is 2.47 bits per heavy atom. The van der Waals surface area contributed by atoms with E-state index in [2.05, 4.69) is 11.9 Å². The van der Waals surface area contributed by atoms with Crippen LogP contribution in [0.1, 0.15) is 47.7 Å². The van der Waals surface area contributed by atoms with Gasteiger partial charge in [0.2, 0.25) is 0 Å². The van der Waals surface area contributed by atoms with E-state index in [9.17, 15) is 9.59 Å². The maximum atomic E-state index is 12.3. The summed E-state index contributed by atoms with van der Waals surface area (Å²) >= 11 is 0. The lowest BCUT2D eigenvalue weighted by Gasteiger charge is -2.29. The molecule has 102 valence electrons. The van der Waals surface area contributed by atoms with Gasteiger partial charge in [-0.05, 0) is 37.3 Å². The van der Waals surface area contributed by atoms with E-state index >= 15 is 0 Å². The monoisotopic (exact) mass is 261 g/mol. The number of carbonyl (C=O) groups excluding carboxylic acids is 2. The average molecular weight is 261 g/mol. The fourth-order valence-electron chi connectivity index (χ4n) is 2.13. The minimum atomic E-state index is -0.625. The summed E-state index contributed by atoms with van der Waals surface area (Å²) in [5.41, 5.74) is 5.76. The van der Waals surface area contributed by atoms with Gasteiger partial charge in [-0.3, -0.25) is 9.59 Å². The smallest absolute Gasteiger partial charge is 0.272 e. The van der Waals surface area contributed by atoms with Gasteiger partial charge in [0.15, 0.2) is 0 Å². The second kappa shape index (κ2) is 4.64. The fourth-order valence-corrected chi connectivity index (χ4v) is 2.13. The maximum absolute atomic E-state index is 12.3. The van der Waals surface area contributed by atoms with Gasteiger partial charge in [0.1, 0.15) is 11.4 Å². The van der Waals surface area contributed by atoms with E-state index in [-0.39, 0.29) is 28.8 Å². The van der Waals surface area contributed by atoms with Crippen LogP contribution in [0.4, 0.5) is 0 Å². The molecule has 0 unspecified atom stereocenters. The first-order valence-electron chi connectivity index (χ1n) is 6.39. The molecule has 0 bridgehead atoms. The number of nitrogens with two attached hydrogens (primary N) is 1. The molecule has 1 saturated carbocycles. The molecular weight excluding hydrogens is 242 g/mol. The van der Waals surface area contributed by atoms with Crippen molar-refractivity contribution < 1.29 is 9.59 Å². The van der Waals surface area contributed by atoms with Gasteiger partial charge >= 0.3 is 0 Å². The fraction of sp³-hybridized carbons (Fsp3) is 0.500. The summed E-state index contributed by atoms with van der Waals surface area (Å²) in [6.07, 6.45) is 2.28. The number of hydrogen-bond acceptors (Lipinski definition) is 3. The van der Waals surface area contributed by atoms with E-state index in [1.54, 1.807) is 24.1 Å². The van der Waals surface area contributed by atoms with Crippen LogP contribution in [-0.4, -0.2) is 34.8 Å². The van der Waals surface area contributed by atoms with Gasteiger partial charge in [0, 0.05) is 13.1 Å². The van der Waals surface area contributed by atoms with E-state index in [1.165, 1.54) is 6.07 Å². The SMILES string of the molecule is C[C@H](N(C)C(=O)c1cccc(C(N)=O)n1)C1(C)CC1. The molecule has 0 spiro atoms. The zero-order valence-electron chi connectivity index (χ0n) is 11.5. The normalized spacial score (nSPS) is 17.6. The maximum Gasteiger partial charge on any atom is 0.272 e. The summed E-state index contributed by atoms with van der Waals surface area (Å²) < 4.78 is 0. The Hall–Kier alpha value is -1.91. The van der Waals surface area contributed by atoms with Crippen LogP contribution in [0.25, 0.3) is 0 Å². The lowest BCUT2D eigenvalue weighted by Crippen LogP contribution is -2.40. The Kier molecular flexibility index (Phi) is 3.30. The van der Waals surface area contributed by atoms with Crippen molar-refractivity contribution in [2.75, 3.05) is 7.05 Å². The summed E-state index contributed by atoms with van der Waals surface area (Å²) in [6, 6.07) is 4.88. The van der Waals surface area contributed by atoms with E-state index in [0.717, 1.165) is 12.8 Å². The highest BCUT2D eigenvalue weighted by Gasteiger charge is 2.45. The lowest BCUT2D eigenvalue weighted by atomic mass is 9.99. The van der Waals surface area contributed by atoms with Crippen molar-refractivity contribution in [2.45, 2.75) is 32.7 Å². The number of nitrogens with zero attached hydrogens (tertiary/aromatic N) is 2. The Balaban J connectivity index is 2.19. The molecule has 1 aromatic rings. The number of amides is 2. The van der Waals surface area contributed by atoms with Gasteiger partial charge in [-0.25, -0.2) is 4.98 Å². The van der Waals surface area contributed by atoms with Crippen molar-refractivity contribution in [3.05, 3.63) is 29.6 Å². The molecule has 0 radical (unpaired) electrons. The third-order valence-electron chi connectivity index (χ3n) is 4.17. The standard InChI is InChI=1S/C14H19N3O2/c1-9(14(2)7-8-14)17(3)13(19)11-6-4-5-10(16-11)12(15)18/h4-6,9H,7-8H2,1-3H3,(H2,15,18)/t9-/m0/s1. The summed E-state index contributed by atoms with van der Waals surface area (Å²) in [5.74, 6) is -0.803. The molecule has 5 heteroatoms. The molecule has 0 aromatic carbocycles. The van der Waals surface area contributed by atoms with Crippen LogP contribution in [0, 0.1) is 5.41 Å². The van der Waals surface area contributed by atoms with Crippen molar-refractivity contribution in [1.82, 2.24) is 9.88 Å². The molecule has 1 heterocycles. The lowest BCUT2D eigenvalue weighted by molar-refractivity contribution is 0.0678. The second-order valence-corrected chi connectivity index (χ2v) is 5.52. The largest absolute Gasteiger partial charge is 0.364 e. The first kappa shape index (κ1) is 13.5. The highest BCUT2D eigenvalue weighted by Crippen LogP contribution is 2.49. The second-order valence-electron chi connectivity index (χ2n) is 5.52. The van der Waals surface area contributed by atoms with Gasteiger partial charge < -0.3 is 10.6 Å².